The minimum Gasteiger partial charge on any atom is -0.338 e. The van der Waals surface area contributed by atoms with Gasteiger partial charge in [-0.3, -0.25) is 14.4 Å². The van der Waals surface area contributed by atoms with Gasteiger partial charge in [0.15, 0.2) is 0 Å². The van der Waals surface area contributed by atoms with Crippen molar-refractivity contribution >= 4 is 11.8 Å². The van der Waals surface area contributed by atoms with Gasteiger partial charge in [0, 0.05) is 37.9 Å². The molecule has 1 aliphatic rings. The minimum absolute atomic E-state index is 0.137. The molecule has 0 bridgehead atoms. The quantitative estimate of drug-likeness (QED) is 0.800. The first-order chi connectivity index (χ1) is 13.3. The number of rotatable bonds is 3. The molecular weight excluding hydrogens is 375 g/mol. The van der Waals surface area contributed by atoms with Crippen LogP contribution < -0.4 is 5.56 Å². The van der Waals surface area contributed by atoms with Gasteiger partial charge in [0.1, 0.15) is 12.1 Å². The number of alkyl halides is 3. The van der Waals surface area contributed by atoms with Crippen LogP contribution in [0.2, 0.25) is 0 Å². The first-order valence-corrected chi connectivity index (χ1v) is 8.66. The second-order valence-corrected chi connectivity index (χ2v) is 6.39. The third-order valence-electron chi connectivity index (χ3n) is 4.57. The number of benzene rings is 1. The van der Waals surface area contributed by atoms with Crippen LogP contribution in [0.4, 0.5) is 13.2 Å². The summed E-state index contributed by atoms with van der Waals surface area (Å²) in [5, 5.41) is 0. The van der Waals surface area contributed by atoms with Gasteiger partial charge in [-0.25, -0.2) is 0 Å². The fourth-order valence-corrected chi connectivity index (χ4v) is 3.05. The lowest BCUT2D eigenvalue weighted by Gasteiger charge is -2.35. The molecule has 1 fully saturated rings. The maximum absolute atomic E-state index is 12.8. The summed E-state index contributed by atoms with van der Waals surface area (Å²) < 4.78 is 39.3. The Morgan fingerprint density at radius 3 is 2.11 bits per heavy atom. The number of piperazine rings is 1. The molecule has 6 nitrogen and oxygen atoms in total. The molecule has 9 heteroatoms. The summed E-state index contributed by atoms with van der Waals surface area (Å²) in [6, 6.07) is 10.5. The Kier molecular flexibility index (Phi) is 5.53. The summed E-state index contributed by atoms with van der Waals surface area (Å²) in [6.07, 6.45) is -3.61. The van der Waals surface area contributed by atoms with E-state index in [9.17, 15) is 27.6 Å². The van der Waals surface area contributed by atoms with Crippen molar-refractivity contribution in [3.05, 3.63) is 70.1 Å². The molecule has 0 saturated carbocycles. The number of nitrogens with zero attached hydrogens (tertiary/aromatic N) is 3. The van der Waals surface area contributed by atoms with Gasteiger partial charge in [-0.1, -0.05) is 18.2 Å². The molecule has 148 valence electrons. The molecule has 1 saturated heterocycles. The van der Waals surface area contributed by atoms with E-state index in [1.54, 1.807) is 29.2 Å². The van der Waals surface area contributed by atoms with E-state index >= 15 is 0 Å². The zero-order valence-electron chi connectivity index (χ0n) is 14.9. The standard InChI is InChI=1S/C19H18F3N3O3/c20-19(21,22)15-7-4-8-25(18(15)28)13-16(26)23-9-11-24(12-10-23)17(27)14-5-2-1-3-6-14/h1-8H,9-13H2. The highest BCUT2D eigenvalue weighted by atomic mass is 19.4. The molecule has 3 rings (SSSR count). The fraction of sp³-hybridized carbons (Fsp3) is 0.316. The summed E-state index contributed by atoms with van der Waals surface area (Å²) in [4.78, 5) is 39.8. The lowest BCUT2D eigenvalue weighted by molar-refractivity contribution is -0.139. The summed E-state index contributed by atoms with van der Waals surface area (Å²) in [6.45, 7) is 0.666. The van der Waals surface area contributed by atoms with Crippen molar-refractivity contribution in [3.8, 4) is 0 Å². The van der Waals surface area contributed by atoms with Crippen LogP contribution in [0.25, 0.3) is 0 Å². The third-order valence-corrected chi connectivity index (χ3v) is 4.57. The Morgan fingerprint density at radius 1 is 0.893 bits per heavy atom. The fourth-order valence-electron chi connectivity index (χ4n) is 3.05. The number of carbonyl (C=O) groups is 2. The van der Waals surface area contributed by atoms with Crippen molar-refractivity contribution in [1.29, 1.82) is 0 Å². The Labute approximate surface area is 158 Å². The van der Waals surface area contributed by atoms with Crippen LogP contribution in [0, 0.1) is 0 Å². The van der Waals surface area contributed by atoms with Gasteiger partial charge in [0.05, 0.1) is 0 Å². The summed E-state index contributed by atoms with van der Waals surface area (Å²) in [7, 11) is 0. The number of hydrogen-bond donors (Lipinski definition) is 0. The Morgan fingerprint density at radius 2 is 1.50 bits per heavy atom. The maximum atomic E-state index is 12.8. The van der Waals surface area contributed by atoms with Crippen molar-refractivity contribution in [2.24, 2.45) is 0 Å². The lowest BCUT2D eigenvalue weighted by Crippen LogP contribution is -2.51. The van der Waals surface area contributed by atoms with Crippen molar-refractivity contribution < 1.29 is 22.8 Å². The van der Waals surface area contributed by atoms with E-state index in [0.717, 1.165) is 16.8 Å². The molecule has 28 heavy (non-hydrogen) atoms. The zero-order valence-corrected chi connectivity index (χ0v) is 14.9. The van der Waals surface area contributed by atoms with Crippen molar-refractivity contribution in [3.63, 3.8) is 0 Å². The molecule has 0 unspecified atom stereocenters. The SMILES string of the molecule is O=C(Cn1cccc(C(F)(F)F)c1=O)N1CCN(C(=O)c2ccccc2)CC1. The van der Waals surface area contributed by atoms with Crippen molar-refractivity contribution in [1.82, 2.24) is 14.4 Å². The Balaban J connectivity index is 1.62. The van der Waals surface area contributed by atoms with Gasteiger partial charge in [-0.05, 0) is 24.3 Å². The van der Waals surface area contributed by atoms with Crippen LogP contribution in [0.1, 0.15) is 15.9 Å². The molecule has 1 aromatic heterocycles. The molecular formula is C19H18F3N3O3. The molecule has 2 aromatic rings. The average molecular weight is 393 g/mol. The predicted molar refractivity (Wildman–Crippen MR) is 94.6 cm³/mol. The van der Waals surface area contributed by atoms with E-state index in [0.29, 0.717) is 24.7 Å². The van der Waals surface area contributed by atoms with E-state index in [1.807, 2.05) is 6.07 Å². The van der Waals surface area contributed by atoms with Crippen LogP contribution in [0.15, 0.2) is 53.5 Å². The molecule has 0 radical (unpaired) electrons. The summed E-state index contributed by atoms with van der Waals surface area (Å²) in [5.74, 6) is -0.602. The van der Waals surface area contributed by atoms with Gasteiger partial charge in [-0.15, -0.1) is 0 Å². The summed E-state index contributed by atoms with van der Waals surface area (Å²) >= 11 is 0. The first-order valence-electron chi connectivity index (χ1n) is 8.66. The van der Waals surface area contributed by atoms with E-state index in [4.69, 9.17) is 0 Å². The normalized spacial score (nSPS) is 14.8. The monoisotopic (exact) mass is 393 g/mol. The van der Waals surface area contributed by atoms with Gasteiger partial charge in [0.25, 0.3) is 11.5 Å². The van der Waals surface area contributed by atoms with Crippen LogP contribution in [0.3, 0.4) is 0 Å². The van der Waals surface area contributed by atoms with Gasteiger partial charge in [-0.2, -0.15) is 13.2 Å². The Hall–Kier alpha value is -3.10. The number of aromatic nitrogens is 1. The second kappa shape index (κ2) is 7.87. The van der Waals surface area contributed by atoms with Crippen molar-refractivity contribution in [2.75, 3.05) is 26.2 Å². The molecule has 1 aromatic carbocycles. The number of amides is 2. The highest BCUT2D eigenvalue weighted by molar-refractivity contribution is 5.94. The molecule has 0 atom stereocenters. The second-order valence-electron chi connectivity index (χ2n) is 6.39. The predicted octanol–water partition coefficient (Wildman–Crippen LogP) is 1.85. The lowest BCUT2D eigenvalue weighted by atomic mass is 10.2. The Bertz CT molecular complexity index is 917. The molecule has 2 amide bonds. The molecule has 0 spiro atoms. The van der Waals surface area contributed by atoms with Gasteiger partial charge >= 0.3 is 6.18 Å². The molecule has 1 aliphatic heterocycles. The van der Waals surface area contributed by atoms with Crippen LogP contribution in [-0.4, -0.2) is 52.4 Å². The number of hydrogen-bond acceptors (Lipinski definition) is 3. The highest BCUT2D eigenvalue weighted by Gasteiger charge is 2.34. The van der Waals surface area contributed by atoms with E-state index in [2.05, 4.69) is 0 Å². The minimum atomic E-state index is -4.77. The molecule has 0 N–H and O–H groups in total. The largest absolute Gasteiger partial charge is 0.421 e. The van der Waals surface area contributed by atoms with Crippen molar-refractivity contribution in [2.45, 2.75) is 12.7 Å². The van der Waals surface area contributed by atoms with Crippen LogP contribution >= 0.6 is 0 Å². The number of pyridine rings is 1. The number of halogens is 3. The third kappa shape index (κ3) is 4.24. The summed E-state index contributed by atoms with van der Waals surface area (Å²) in [5.41, 5.74) is -2.00. The van der Waals surface area contributed by atoms with E-state index < -0.39 is 29.8 Å². The van der Waals surface area contributed by atoms with Gasteiger partial charge < -0.3 is 14.4 Å². The molecule has 0 aliphatic carbocycles. The van der Waals surface area contributed by atoms with E-state index in [-0.39, 0.29) is 19.0 Å². The van der Waals surface area contributed by atoms with E-state index in [1.165, 1.54) is 4.90 Å². The smallest absolute Gasteiger partial charge is 0.338 e. The highest BCUT2D eigenvalue weighted by Crippen LogP contribution is 2.26. The molecule has 2 heterocycles. The maximum Gasteiger partial charge on any atom is 0.421 e. The first kappa shape index (κ1) is 19.7. The van der Waals surface area contributed by atoms with Crippen LogP contribution in [0.5, 0.6) is 0 Å². The average Bonchev–Trinajstić information content (AvgIpc) is 2.69. The van der Waals surface area contributed by atoms with Crippen LogP contribution in [-0.2, 0) is 17.5 Å². The topological polar surface area (TPSA) is 62.6 Å². The van der Waals surface area contributed by atoms with Gasteiger partial charge in [0.2, 0.25) is 5.91 Å². The number of carbonyl (C=O) groups excluding carboxylic acids is 2. The zero-order chi connectivity index (χ0) is 20.3.